The number of hydrogen-bond donors (Lipinski definition) is 2. The lowest BCUT2D eigenvalue weighted by atomic mass is 10.0. The van der Waals surface area contributed by atoms with Crippen LogP contribution < -0.4 is 4.90 Å². The standard InChI is InChI=1S/C18H19F3N4O2S/c1-2-13-22-17-25(23-13)16(26)15(28-17)14(24-6-8-27-9-7-24)11-4-3-5-12(10-11)18(19,20)21/h3-5,10,14,26H,2,6-9H2,1H3/p+1/t14-/m0/s1. The molecule has 0 spiro atoms. The third-order valence-electron chi connectivity index (χ3n) is 4.91. The summed E-state index contributed by atoms with van der Waals surface area (Å²) in [5.41, 5.74) is -0.197. The smallest absolute Gasteiger partial charge is 0.416 e. The number of aromatic hydroxyl groups is 1. The summed E-state index contributed by atoms with van der Waals surface area (Å²) in [5, 5.41) is 15.1. The number of hydrogen-bond acceptors (Lipinski definition) is 5. The normalized spacial score (nSPS) is 17.3. The largest absolute Gasteiger partial charge is 0.492 e. The Bertz CT molecular complexity index is 979. The van der Waals surface area contributed by atoms with Gasteiger partial charge in [-0.1, -0.05) is 30.4 Å². The Hall–Kier alpha value is -2.17. The number of aryl methyl sites for hydroxylation is 1. The maximum Gasteiger partial charge on any atom is 0.416 e. The highest BCUT2D eigenvalue weighted by molar-refractivity contribution is 7.17. The van der Waals surface area contributed by atoms with Crippen molar-refractivity contribution in [3.8, 4) is 5.88 Å². The molecule has 0 saturated carbocycles. The Labute approximate surface area is 163 Å². The summed E-state index contributed by atoms with van der Waals surface area (Å²) < 4.78 is 46.6. The van der Waals surface area contributed by atoms with Crippen molar-refractivity contribution in [2.75, 3.05) is 26.3 Å². The van der Waals surface area contributed by atoms with Crippen LogP contribution in [0.4, 0.5) is 13.2 Å². The molecule has 1 aromatic carbocycles. The lowest BCUT2D eigenvalue weighted by Crippen LogP contribution is -3.14. The number of thiazole rings is 1. The van der Waals surface area contributed by atoms with Gasteiger partial charge in [-0.2, -0.15) is 17.7 Å². The van der Waals surface area contributed by atoms with Crippen LogP contribution in [-0.4, -0.2) is 46.0 Å². The van der Waals surface area contributed by atoms with E-state index in [1.165, 1.54) is 28.0 Å². The second-order valence-corrected chi connectivity index (χ2v) is 7.70. The van der Waals surface area contributed by atoms with Crippen LogP contribution in [0.25, 0.3) is 4.96 Å². The second-order valence-electron chi connectivity index (χ2n) is 6.69. The molecule has 3 heterocycles. The van der Waals surface area contributed by atoms with E-state index in [0.29, 0.717) is 53.9 Å². The molecule has 1 aliphatic heterocycles. The predicted molar refractivity (Wildman–Crippen MR) is 96.7 cm³/mol. The number of ether oxygens (including phenoxy) is 1. The first kappa shape index (κ1) is 19.2. The quantitative estimate of drug-likeness (QED) is 0.688. The number of rotatable bonds is 4. The zero-order valence-corrected chi connectivity index (χ0v) is 16.0. The number of benzene rings is 1. The van der Waals surface area contributed by atoms with Gasteiger partial charge in [0.05, 0.1) is 18.8 Å². The Kier molecular flexibility index (Phi) is 5.02. The van der Waals surface area contributed by atoms with Crippen molar-refractivity contribution in [3.63, 3.8) is 0 Å². The topological polar surface area (TPSA) is 64.1 Å². The zero-order chi connectivity index (χ0) is 19.9. The van der Waals surface area contributed by atoms with Gasteiger partial charge in [0.25, 0.3) is 0 Å². The maximum absolute atomic E-state index is 13.3. The number of quaternary nitrogens is 1. The first-order valence-electron chi connectivity index (χ1n) is 9.05. The van der Waals surface area contributed by atoms with E-state index in [1.54, 1.807) is 6.07 Å². The molecule has 0 radical (unpaired) electrons. The fourth-order valence-electron chi connectivity index (χ4n) is 3.52. The van der Waals surface area contributed by atoms with E-state index in [-0.39, 0.29) is 5.88 Å². The van der Waals surface area contributed by atoms with Gasteiger partial charge in [0, 0.05) is 12.0 Å². The van der Waals surface area contributed by atoms with Crippen molar-refractivity contribution in [3.05, 3.63) is 46.1 Å². The van der Waals surface area contributed by atoms with E-state index in [1.807, 2.05) is 6.92 Å². The number of halogens is 3. The average Bonchev–Trinajstić information content (AvgIpc) is 3.22. The molecule has 2 N–H and O–H groups in total. The van der Waals surface area contributed by atoms with Crippen molar-refractivity contribution < 1.29 is 27.9 Å². The van der Waals surface area contributed by atoms with Gasteiger partial charge in [0.1, 0.15) is 18.0 Å². The first-order chi connectivity index (χ1) is 13.4. The summed E-state index contributed by atoms with van der Waals surface area (Å²) in [6, 6.07) is 4.86. The van der Waals surface area contributed by atoms with Crippen molar-refractivity contribution in [2.24, 2.45) is 0 Å². The monoisotopic (exact) mass is 413 g/mol. The SMILES string of the molecule is CCc1nc2sc([C@H](c3cccc(C(F)(F)F)c3)[NH+]3CCOCC3)c(O)n2n1. The van der Waals surface area contributed by atoms with Crippen LogP contribution in [0, 0.1) is 0 Å². The van der Waals surface area contributed by atoms with Crippen molar-refractivity contribution in [1.82, 2.24) is 14.6 Å². The molecule has 2 aromatic heterocycles. The summed E-state index contributed by atoms with van der Waals surface area (Å²) in [4.78, 5) is 6.53. The van der Waals surface area contributed by atoms with Crippen LogP contribution in [0.1, 0.15) is 34.8 Å². The molecule has 0 bridgehead atoms. The third-order valence-corrected chi connectivity index (χ3v) is 6.00. The summed E-state index contributed by atoms with van der Waals surface area (Å²) in [5.74, 6) is 0.552. The summed E-state index contributed by atoms with van der Waals surface area (Å²) >= 11 is 1.27. The molecule has 3 aromatic rings. The Balaban J connectivity index is 1.83. The van der Waals surface area contributed by atoms with Gasteiger partial charge in [-0.25, -0.2) is 4.98 Å². The van der Waals surface area contributed by atoms with E-state index >= 15 is 0 Å². The molecule has 0 amide bonds. The highest BCUT2D eigenvalue weighted by Crippen LogP contribution is 2.37. The third kappa shape index (κ3) is 3.47. The van der Waals surface area contributed by atoms with E-state index in [0.717, 1.165) is 11.0 Å². The molecule has 1 atom stereocenters. The van der Waals surface area contributed by atoms with E-state index < -0.39 is 17.8 Å². The summed E-state index contributed by atoms with van der Waals surface area (Å²) in [6.45, 7) is 4.22. The molecule has 150 valence electrons. The zero-order valence-electron chi connectivity index (χ0n) is 15.2. The highest BCUT2D eigenvalue weighted by atomic mass is 32.1. The fraction of sp³-hybridized carbons (Fsp3) is 0.444. The van der Waals surface area contributed by atoms with Gasteiger partial charge in [0.15, 0.2) is 11.9 Å². The van der Waals surface area contributed by atoms with E-state index in [9.17, 15) is 18.3 Å². The lowest BCUT2D eigenvalue weighted by molar-refractivity contribution is -0.932. The van der Waals surface area contributed by atoms with Crippen LogP contribution >= 0.6 is 11.3 Å². The van der Waals surface area contributed by atoms with Crippen LogP contribution in [0.5, 0.6) is 5.88 Å². The average molecular weight is 413 g/mol. The minimum absolute atomic E-state index is 0.0615. The number of alkyl halides is 3. The Morgan fingerprint density at radius 3 is 2.71 bits per heavy atom. The Morgan fingerprint density at radius 2 is 2.07 bits per heavy atom. The van der Waals surface area contributed by atoms with E-state index in [2.05, 4.69) is 10.1 Å². The number of aromatic nitrogens is 3. The minimum atomic E-state index is -4.43. The molecule has 10 heteroatoms. The lowest BCUT2D eigenvalue weighted by Gasteiger charge is -2.31. The van der Waals surface area contributed by atoms with Crippen LogP contribution in [0.2, 0.25) is 0 Å². The summed E-state index contributed by atoms with van der Waals surface area (Å²) in [6.07, 6.45) is -3.79. The van der Waals surface area contributed by atoms with Crippen molar-refractivity contribution in [2.45, 2.75) is 25.6 Å². The molecule has 6 nitrogen and oxygen atoms in total. The molecule has 1 saturated heterocycles. The maximum atomic E-state index is 13.3. The molecule has 4 rings (SSSR count). The number of fused-ring (bicyclic) bond motifs is 1. The molecule has 0 aliphatic carbocycles. The highest BCUT2D eigenvalue weighted by Gasteiger charge is 2.36. The molecule has 28 heavy (non-hydrogen) atoms. The first-order valence-corrected chi connectivity index (χ1v) is 9.87. The molecular formula is C18H20F3N4O2S+. The number of nitrogens with one attached hydrogen (secondary N) is 1. The fourth-order valence-corrected chi connectivity index (χ4v) is 4.68. The van der Waals surface area contributed by atoms with Crippen molar-refractivity contribution in [1.29, 1.82) is 0 Å². The van der Waals surface area contributed by atoms with Gasteiger partial charge in [0.2, 0.25) is 10.8 Å². The van der Waals surface area contributed by atoms with Crippen molar-refractivity contribution >= 4 is 16.3 Å². The molecule has 0 unspecified atom stereocenters. The summed E-state index contributed by atoms with van der Waals surface area (Å²) in [7, 11) is 0. The second kappa shape index (κ2) is 7.34. The molecular weight excluding hydrogens is 393 g/mol. The van der Waals surface area contributed by atoms with Gasteiger partial charge in [-0.05, 0) is 12.1 Å². The van der Waals surface area contributed by atoms with Crippen LogP contribution in [-0.2, 0) is 17.3 Å². The number of morpholine rings is 1. The van der Waals surface area contributed by atoms with Gasteiger partial charge < -0.3 is 14.7 Å². The van der Waals surface area contributed by atoms with Gasteiger partial charge in [-0.3, -0.25) is 0 Å². The van der Waals surface area contributed by atoms with Crippen LogP contribution in [0.15, 0.2) is 24.3 Å². The van der Waals surface area contributed by atoms with E-state index in [4.69, 9.17) is 4.74 Å². The van der Waals surface area contributed by atoms with Gasteiger partial charge >= 0.3 is 6.18 Å². The van der Waals surface area contributed by atoms with Crippen LogP contribution in [0.3, 0.4) is 0 Å². The Morgan fingerprint density at radius 1 is 1.32 bits per heavy atom. The molecule has 1 aliphatic rings. The molecule has 1 fully saturated rings. The van der Waals surface area contributed by atoms with Gasteiger partial charge in [-0.15, -0.1) is 5.10 Å². The minimum Gasteiger partial charge on any atom is -0.492 e. The number of nitrogens with zero attached hydrogens (tertiary/aromatic N) is 3. The predicted octanol–water partition coefficient (Wildman–Crippen LogP) is 2.08.